The number of hydrogen-bond acceptors (Lipinski definition) is 2. The molecule has 3 heteroatoms. The van der Waals surface area contributed by atoms with Gasteiger partial charge in [0.25, 0.3) is 0 Å². The number of imidazole rings is 1. The van der Waals surface area contributed by atoms with Crippen LogP contribution < -0.4 is 0 Å². The third-order valence-corrected chi connectivity index (χ3v) is 4.34. The van der Waals surface area contributed by atoms with E-state index in [0.29, 0.717) is 0 Å². The summed E-state index contributed by atoms with van der Waals surface area (Å²) in [7, 11) is 0. The van der Waals surface area contributed by atoms with Gasteiger partial charge in [-0.2, -0.15) is 11.8 Å². The molecule has 0 atom stereocenters. The lowest BCUT2D eigenvalue weighted by atomic mass is 10.1. The SMILES string of the molecule is Cc1cc2nc3n(c2cc1C)CCSCC3. The van der Waals surface area contributed by atoms with Gasteiger partial charge in [0.05, 0.1) is 11.0 Å². The fraction of sp³-hybridized carbons (Fsp3) is 0.462. The molecule has 0 saturated carbocycles. The molecule has 1 aromatic carbocycles. The first-order chi connectivity index (χ1) is 7.75. The molecule has 2 heterocycles. The van der Waals surface area contributed by atoms with E-state index in [9.17, 15) is 0 Å². The third-order valence-electron chi connectivity index (χ3n) is 3.37. The van der Waals surface area contributed by atoms with Crippen molar-refractivity contribution in [2.24, 2.45) is 0 Å². The van der Waals surface area contributed by atoms with Crippen LogP contribution in [-0.4, -0.2) is 21.1 Å². The van der Waals surface area contributed by atoms with Crippen LogP contribution >= 0.6 is 11.8 Å². The molecule has 0 spiro atoms. The summed E-state index contributed by atoms with van der Waals surface area (Å²) in [4.78, 5) is 4.76. The second-order valence-electron chi connectivity index (χ2n) is 4.47. The molecule has 1 aliphatic rings. The lowest BCUT2D eigenvalue weighted by Crippen LogP contribution is -2.02. The smallest absolute Gasteiger partial charge is 0.110 e. The molecule has 3 rings (SSSR count). The number of benzene rings is 1. The summed E-state index contributed by atoms with van der Waals surface area (Å²) in [5.41, 5.74) is 5.20. The van der Waals surface area contributed by atoms with Gasteiger partial charge in [0, 0.05) is 24.5 Å². The standard InChI is InChI=1S/C13H16N2S/c1-9-7-11-12(8-10(9)2)15-4-6-16-5-3-13(15)14-11/h7-8H,3-6H2,1-2H3. The van der Waals surface area contributed by atoms with Crippen molar-refractivity contribution in [2.45, 2.75) is 26.8 Å². The van der Waals surface area contributed by atoms with Crippen LogP contribution in [0.25, 0.3) is 11.0 Å². The van der Waals surface area contributed by atoms with E-state index in [0.717, 1.165) is 13.0 Å². The molecule has 84 valence electrons. The predicted molar refractivity (Wildman–Crippen MR) is 70.2 cm³/mol. The number of fused-ring (bicyclic) bond motifs is 3. The van der Waals surface area contributed by atoms with Gasteiger partial charge in [-0.15, -0.1) is 0 Å². The number of hydrogen-bond donors (Lipinski definition) is 0. The highest BCUT2D eigenvalue weighted by molar-refractivity contribution is 7.99. The third kappa shape index (κ3) is 1.54. The Kier molecular flexibility index (Phi) is 2.43. The minimum atomic E-state index is 1.11. The highest BCUT2D eigenvalue weighted by atomic mass is 32.2. The largest absolute Gasteiger partial charge is 0.327 e. The van der Waals surface area contributed by atoms with Crippen molar-refractivity contribution in [2.75, 3.05) is 11.5 Å². The maximum absolute atomic E-state index is 4.76. The first kappa shape index (κ1) is 10.2. The normalized spacial score (nSPS) is 16.1. The van der Waals surface area contributed by atoms with Gasteiger partial charge in [-0.25, -0.2) is 4.98 Å². The minimum absolute atomic E-state index is 1.11. The van der Waals surface area contributed by atoms with Crippen LogP contribution in [-0.2, 0) is 13.0 Å². The molecule has 0 unspecified atom stereocenters. The average molecular weight is 232 g/mol. The predicted octanol–water partition coefficient (Wildman–Crippen LogP) is 2.94. The molecule has 1 aromatic heterocycles. The summed E-state index contributed by atoms with van der Waals surface area (Å²) in [6.07, 6.45) is 1.11. The highest BCUT2D eigenvalue weighted by Crippen LogP contribution is 2.24. The topological polar surface area (TPSA) is 17.8 Å². The molecule has 2 nitrogen and oxygen atoms in total. The second-order valence-corrected chi connectivity index (χ2v) is 5.69. The van der Waals surface area contributed by atoms with Crippen LogP contribution in [0.5, 0.6) is 0 Å². The summed E-state index contributed by atoms with van der Waals surface area (Å²) in [6.45, 7) is 5.45. The summed E-state index contributed by atoms with van der Waals surface area (Å²) in [5, 5.41) is 0. The molecule has 0 aliphatic carbocycles. The minimum Gasteiger partial charge on any atom is -0.327 e. The molecule has 2 aromatic rings. The van der Waals surface area contributed by atoms with Crippen molar-refractivity contribution in [1.29, 1.82) is 0 Å². The Labute approximate surface area is 100 Å². The van der Waals surface area contributed by atoms with Crippen molar-refractivity contribution in [1.82, 2.24) is 9.55 Å². The van der Waals surface area contributed by atoms with Gasteiger partial charge in [-0.3, -0.25) is 0 Å². The Morgan fingerprint density at radius 1 is 1.19 bits per heavy atom. The van der Waals surface area contributed by atoms with Crippen LogP contribution in [0.1, 0.15) is 17.0 Å². The quantitative estimate of drug-likeness (QED) is 0.695. The van der Waals surface area contributed by atoms with Gasteiger partial charge in [0.1, 0.15) is 5.82 Å². The maximum atomic E-state index is 4.76. The van der Waals surface area contributed by atoms with Gasteiger partial charge < -0.3 is 4.57 Å². The summed E-state index contributed by atoms with van der Waals surface area (Å²) in [6, 6.07) is 4.51. The van der Waals surface area contributed by atoms with Gasteiger partial charge in [-0.05, 0) is 37.1 Å². The molecular formula is C13H16N2S. The molecule has 0 radical (unpaired) electrons. The Hall–Kier alpha value is -0.960. The number of nitrogens with zero attached hydrogens (tertiary/aromatic N) is 2. The number of aromatic nitrogens is 2. The lowest BCUT2D eigenvalue weighted by Gasteiger charge is -2.05. The lowest BCUT2D eigenvalue weighted by molar-refractivity contribution is 0.747. The van der Waals surface area contributed by atoms with E-state index in [1.54, 1.807) is 0 Å². The van der Waals surface area contributed by atoms with Crippen LogP contribution in [0.4, 0.5) is 0 Å². The maximum Gasteiger partial charge on any atom is 0.110 e. The van der Waals surface area contributed by atoms with Gasteiger partial charge in [0.15, 0.2) is 0 Å². The Bertz CT molecular complexity index is 542. The summed E-state index contributed by atoms with van der Waals surface area (Å²) in [5.74, 6) is 3.69. The van der Waals surface area contributed by atoms with E-state index in [1.807, 2.05) is 11.8 Å². The molecule has 0 fully saturated rings. The number of rotatable bonds is 0. The van der Waals surface area contributed by atoms with Crippen molar-refractivity contribution < 1.29 is 0 Å². The van der Waals surface area contributed by atoms with Crippen LogP contribution in [0.15, 0.2) is 12.1 Å². The van der Waals surface area contributed by atoms with Crippen molar-refractivity contribution >= 4 is 22.8 Å². The molecule has 0 bridgehead atoms. The van der Waals surface area contributed by atoms with E-state index < -0.39 is 0 Å². The molecule has 0 N–H and O–H groups in total. The van der Waals surface area contributed by atoms with E-state index >= 15 is 0 Å². The first-order valence-electron chi connectivity index (χ1n) is 5.80. The highest BCUT2D eigenvalue weighted by Gasteiger charge is 2.13. The van der Waals surface area contributed by atoms with Gasteiger partial charge in [0.2, 0.25) is 0 Å². The van der Waals surface area contributed by atoms with Crippen molar-refractivity contribution in [3.05, 3.63) is 29.1 Å². The fourth-order valence-corrected chi connectivity index (χ4v) is 3.13. The fourth-order valence-electron chi connectivity index (χ4n) is 2.29. The molecule has 16 heavy (non-hydrogen) atoms. The number of aryl methyl sites for hydroxylation is 4. The van der Waals surface area contributed by atoms with Crippen LogP contribution in [0, 0.1) is 13.8 Å². The van der Waals surface area contributed by atoms with Gasteiger partial charge >= 0.3 is 0 Å². The van der Waals surface area contributed by atoms with Crippen LogP contribution in [0.3, 0.4) is 0 Å². The summed E-state index contributed by atoms with van der Waals surface area (Å²) >= 11 is 2.03. The van der Waals surface area contributed by atoms with E-state index in [4.69, 9.17) is 4.98 Å². The average Bonchev–Trinajstić information content (AvgIpc) is 2.47. The number of thioether (sulfide) groups is 1. The molecule has 0 amide bonds. The van der Waals surface area contributed by atoms with E-state index in [1.165, 1.54) is 39.5 Å². The molecule has 0 saturated heterocycles. The van der Waals surface area contributed by atoms with Crippen molar-refractivity contribution in [3.8, 4) is 0 Å². The second kappa shape index (κ2) is 3.81. The Balaban J connectivity index is 2.26. The molecular weight excluding hydrogens is 216 g/mol. The zero-order valence-electron chi connectivity index (χ0n) is 9.79. The summed E-state index contributed by atoms with van der Waals surface area (Å²) < 4.78 is 2.40. The Morgan fingerprint density at radius 3 is 2.88 bits per heavy atom. The van der Waals surface area contributed by atoms with E-state index in [-0.39, 0.29) is 0 Å². The zero-order valence-corrected chi connectivity index (χ0v) is 10.6. The first-order valence-corrected chi connectivity index (χ1v) is 6.95. The zero-order chi connectivity index (χ0) is 11.1. The van der Waals surface area contributed by atoms with E-state index in [2.05, 4.69) is 30.5 Å². The monoisotopic (exact) mass is 232 g/mol. The van der Waals surface area contributed by atoms with Gasteiger partial charge in [-0.1, -0.05) is 0 Å². The van der Waals surface area contributed by atoms with Crippen molar-refractivity contribution in [3.63, 3.8) is 0 Å². The Morgan fingerprint density at radius 2 is 2.00 bits per heavy atom. The van der Waals surface area contributed by atoms with Crippen LogP contribution in [0.2, 0.25) is 0 Å². The molecule has 1 aliphatic heterocycles.